The van der Waals surface area contributed by atoms with Gasteiger partial charge in [0.1, 0.15) is 0 Å². The molecule has 5 nitrogen and oxygen atoms in total. The Morgan fingerprint density at radius 2 is 1.60 bits per heavy atom. The molecule has 35 heavy (non-hydrogen) atoms. The summed E-state index contributed by atoms with van der Waals surface area (Å²) in [5.74, 6) is -0.943. The molecule has 0 bridgehead atoms. The van der Waals surface area contributed by atoms with Gasteiger partial charge in [0.2, 0.25) is 0 Å². The number of thioether (sulfide) groups is 1. The molecule has 0 aliphatic rings. The topological polar surface area (TPSA) is 61.8 Å². The number of benzene rings is 2. The first-order valence-electron chi connectivity index (χ1n) is 11.4. The summed E-state index contributed by atoms with van der Waals surface area (Å²) in [6, 6.07) is 15.2. The molecule has 0 aliphatic carbocycles. The van der Waals surface area contributed by atoms with Gasteiger partial charge in [-0.3, -0.25) is 4.57 Å². The van der Waals surface area contributed by atoms with Crippen molar-refractivity contribution in [2.75, 3.05) is 13.2 Å². The van der Waals surface area contributed by atoms with E-state index >= 15 is 8.78 Å². The minimum atomic E-state index is -4.98. The first-order valence-corrected chi connectivity index (χ1v) is 13.9. The highest BCUT2D eigenvalue weighted by Crippen LogP contribution is 2.65. The molecule has 192 valence electrons. The van der Waals surface area contributed by atoms with E-state index in [1.54, 1.807) is 24.3 Å². The quantitative estimate of drug-likeness (QED) is 0.114. The van der Waals surface area contributed by atoms with Crippen LogP contribution in [-0.2, 0) is 18.3 Å². The van der Waals surface area contributed by atoms with Gasteiger partial charge < -0.3 is 13.8 Å². The molecule has 2 rings (SSSR count). The van der Waals surface area contributed by atoms with Crippen molar-refractivity contribution in [1.82, 2.24) is 0 Å². The third kappa shape index (κ3) is 8.01. The minimum Gasteiger partial charge on any atom is -0.450 e. The zero-order valence-corrected chi connectivity index (χ0v) is 22.4. The summed E-state index contributed by atoms with van der Waals surface area (Å²) in [7, 11) is -4.98. The van der Waals surface area contributed by atoms with Gasteiger partial charge in [0.15, 0.2) is 6.10 Å². The molecular formula is C26H33F2O5PS. The summed E-state index contributed by atoms with van der Waals surface area (Å²) < 4.78 is 61.0. The predicted octanol–water partition coefficient (Wildman–Crippen LogP) is 7.90. The van der Waals surface area contributed by atoms with Crippen molar-refractivity contribution in [3.8, 4) is 0 Å². The van der Waals surface area contributed by atoms with Crippen molar-refractivity contribution in [3.05, 3.63) is 77.4 Å². The molecule has 0 unspecified atom stereocenters. The van der Waals surface area contributed by atoms with E-state index in [9.17, 15) is 9.36 Å². The van der Waals surface area contributed by atoms with E-state index in [1.807, 2.05) is 45.0 Å². The molecular weight excluding hydrogens is 493 g/mol. The van der Waals surface area contributed by atoms with Crippen molar-refractivity contribution in [2.24, 2.45) is 0 Å². The number of aryl methyl sites for hydroxylation is 1. The molecule has 0 amide bonds. The monoisotopic (exact) mass is 526 g/mol. The lowest BCUT2D eigenvalue weighted by Gasteiger charge is -2.35. The van der Waals surface area contributed by atoms with E-state index < -0.39 is 30.6 Å². The van der Waals surface area contributed by atoms with Gasteiger partial charge in [-0.1, -0.05) is 47.5 Å². The van der Waals surface area contributed by atoms with Crippen molar-refractivity contribution in [3.63, 3.8) is 0 Å². The molecule has 2 aromatic carbocycles. The lowest BCUT2D eigenvalue weighted by molar-refractivity contribution is -0.0774. The van der Waals surface area contributed by atoms with Crippen molar-refractivity contribution in [1.29, 1.82) is 0 Å². The summed E-state index contributed by atoms with van der Waals surface area (Å²) in [5.41, 5.74) is -2.07. The number of esters is 1. The molecule has 2 atom stereocenters. The number of rotatable bonds is 13. The van der Waals surface area contributed by atoms with E-state index in [0.29, 0.717) is 4.90 Å². The zero-order chi connectivity index (χ0) is 26.1. The number of carbonyl (C=O) groups excluding carboxylic acids is 1. The van der Waals surface area contributed by atoms with Gasteiger partial charge >= 0.3 is 19.2 Å². The molecule has 2 aromatic rings. The van der Waals surface area contributed by atoms with E-state index in [1.165, 1.54) is 26.0 Å². The fourth-order valence-electron chi connectivity index (χ4n) is 3.21. The van der Waals surface area contributed by atoms with Gasteiger partial charge in [0.25, 0.3) is 0 Å². The number of halogens is 2. The van der Waals surface area contributed by atoms with Crippen LogP contribution in [0, 0.1) is 6.92 Å². The van der Waals surface area contributed by atoms with Crippen LogP contribution in [-0.4, -0.2) is 36.2 Å². The molecule has 0 aromatic heterocycles. The molecule has 0 aliphatic heterocycles. The summed E-state index contributed by atoms with van der Waals surface area (Å²) >= 11 is 1.13. The van der Waals surface area contributed by atoms with Crippen LogP contribution in [0.25, 0.3) is 0 Å². The van der Waals surface area contributed by atoms with Crippen molar-refractivity contribution < 1.29 is 31.9 Å². The average Bonchev–Trinajstić information content (AvgIpc) is 2.82. The van der Waals surface area contributed by atoms with Gasteiger partial charge in [-0.05, 0) is 65.3 Å². The maximum atomic E-state index is 16.1. The van der Waals surface area contributed by atoms with E-state index in [4.69, 9.17) is 13.8 Å². The molecule has 9 heteroatoms. The SMILES string of the molecule is CCOP(=O)(OCC)C(F)(F)[C@H](OC(=O)c1ccccc1)[C@@H](CC=C(C)C)Sc1ccc(C)cc1. The van der Waals surface area contributed by atoms with Crippen LogP contribution < -0.4 is 0 Å². The van der Waals surface area contributed by atoms with Crippen LogP contribution in [0.5, 0.6) is 0 Å². The van der Waals surface area contributed by atoms with Crippen LogP contribution in [0.4, 0.5) is 8.78 Å². The van der Waals surface area contributed by atoms with Crippen LogP contribution in [0.1, 0.15) is 50.0 Å². The van der Waals surface area contributed by atoms with Crippen molar-refractivity contribution >= 4 is 25.3 Å². The standard InChI is InChI=1S/C26H33F2O5PS/c1-6-31-34(30,32-7-2)26(27,28)24(33-25(29)21-11-9-8-10-12-21)23(18-13-19(3)4)35-22-16-14-20(5)15-17-22/h8-17,23-24H,6-7,18H2,1-5H3/t23-,24-/m1/s1. The highest BCUT2D eigenvalue weighted by molar-refractivity contribution is 8.00. The Morgan fingerprint density at radius 3 is 2.11 bits per heavy atom. The molecule has 0 fully saturated rings. The Labute approximate surface area is 210 Å². The van der Waals surface area contributed by atoms with Gasteiger partial charge in [-0.15, -0.1) is 11.8 Å². The summed E-state index contributed by atoms with van der Waals surface area (Å²) in [6.45, 7) is 8.02. The second-order valence-electron chi connectivity index (χ2n) is 8.10. The average molecular weight is 527 g/mol. The Bertz CT molecular complexity index is 1010. The molecule has 0 N–H and O–H groups in total. The Kier molecular flexibility index (Phi) is 11.2. The van der Waals surface area contributed by atoms with Crippen LogP contribution >= 0.6 is 19.4 Å². The summed E-state index contributed by atoms with van der Waals surface area (Å²) in [5, 5.41) is -0.982. The van der Waals surface area contributed by atoms with Crippen LogP contribution in [0.15, 0.2) is 71.1 Å². The number of ether oxygens (including phenoxy) is 1. The van der Waals surface area contributed by atoms with E-state index in [-0.39, 0.29) is 25.2 Å². The number of carbonyl (C=O) groups is 1. The van der Waals surface area contributed by atoms with Crippen molar-refractivity contribution in [2.45, 2.75) is 63.0 Å². The molecule has 0 radical (unpaired) electrons. The maximum absolute atomic E-state index is 16.1. The molecule has 0 saturated carbocycles. The molecule has 0 spiro atoms. The van der Waals surface area contributed by atoms with Gasteiger partial charge in [0.05, 0.1) is 24.0 Å². The van der Waals surface area contributed by atoms with Gasteiger partial charge in [-0.2, -0.15) is 8.78 Å². The third-order valence-corrected chi connectivity index (χ3v) is 8.42. The first kappa shape index (κ1) is 29.2. The number of alkyl halides is 2. The van der Waals surface area contributed by atoms with Crippen LogP contribution in [0.3, 0.4) is 0 Å². The third-order valence-electron chi connectivity index (χ3n) is 4.95. The Balaban J connectivity index is 2.58. The smallest absolute Gasteiger partial charge is 0.403 e. The van der Waals surface area contributed by atoms with Gasteiger partial charge in [0, 0.05) is 4.90 Å². The molecule has 0 saturated heterocycles. The first-order chi connectivity index (χ1) is 16.5. The number of allylic oxidation sites excluding steroid dienone is 2. The summed E-state index contributed by atoms with van der Waals surface area (Å²) in [4.78, 5) is 13.6. The highest BCUT2D eigenvalue weighted by atomic mass is 32.2. The maximum Gasteiger partial charge on any atom is 0.403 e. The fourth-order valence-corrected chi connectivity index (χ4v) is 6.14. The fraction of sp³-hybridized carbons (Fsp3) is 0.423. The highest BCUT2D eigenvalue weighted by Gasteiger charge is 2.63. The van der Waals surface area contributed by atoms with E-state index in [0.717, 1.165) is 22.9 Å². The minimum absolute atomic E-state index is 0.109. The number of hydrogen-bond donors (Lipinski definition) is 0. The Morgan fingerprint density at radius 1 is 1.03 bits per heavy atom. The Hall–Kier alpha value is -1.99. The largest absolute Gasteiger partial charge is 0.450 e. The summed E-state index contributed by atoms with van der Waals surface area (Å²) in [6.07, 6.45) is -0.167. The second kappa shape index (κ2) is 13.4. The van der Waals surface area contributed by atoms with Crippen LogP contribution in [0.2, 0.25) is 0 Å². The van der Waals surface area contributed by atoms with E-state index in [2.05, 4.69) is 0 Å². The number of hydrogen-bond acceptors (Lipinski definition) is 6. The van der Waals surface area contributed by atoms with Gasteiger partial charge in [-0.25, -0.2) is 4.79 Å². The predicted molar refractivity (Wildman–Crippen MR) is 136 cm³/mol. The lowest BCUT2D eigenvalue weighted by Crippen LogP contribution is -2.45. The normalized spacial score (nSPS) is 13.7. The molecule has 0 heterocycles. The lowest BCUT2D eigenvalue weighted by atomic mass is 10.1. The zero-order valence-electron chi connectivity index (χ0n) is 20.7. The second-order valence-corrected chi connectivity index (χ2v) is 11.5.